The van der Waals surface area contributed by atoms with E-state index in [2.05, 4.69) is 25.5 Å². The molecule has 0 radical (unpaired) electrons. The van der Waals surface area contributed by atoms with E-state index in [0.29, 0.717) is 27.0 Å². The average Bonchev–Trinajstić information content (AvgIpc) is 2.85. The Kier molecular flexibility index (Phi) is 7.87. The van der Waals surface area contributed by atoms with Crippen molar-refractivity contribution in [1.29, 1.82) is 0 Å². The summed E-state index contributed by atoms with van der Waals surface area (Å²) in [6.07, 6.45) is -3.19. The molecule has 0 aliphatic carbocycles. The van der Waals surface area contributed by atoms with Crippen molar-refractivity contribution in [3.05, 3.63) is 94.5 Å². The summed E-state index contributed by atoms with van der Waals surface area (Å²) in [6.45, 7) is -1.57. The molecule has 1 N–H and O–H groups in total. The SMILES string of the molecule is FC(F)(F)COc1nc(N/N=C/c2ccc(Cl)cc2Cl)nc(N(c2ccccc2)c2ccccc2)n1. The summed E-state index contributed by atoms with van der Waals surface area (Å²) in [6, 6.07) is 22.4. The van der Waals surface area contributed by atoms with Gasteiger partial charge >= 0.3 is 12.2 Å². The van der Waals surface area contributed by atoms with Crippen LogP contribution in [0.2, 0.25) is 10.0 Å². The Bertz CT molecular complexity index is 1300. The molecule has 0 saturated carbocycles. The Morgan fingerprint density at radius 3 is 2.11 bits per heavy atom. The first-order valence-electron chi connectivity index (χ1n) is 10.4. The molecule has 12 heteroatoms. The zero-order chi connectivity index (χ0) is 25.5. The van der Waals surface area contributed by atoms with E-state index in [4.69, 9.17) is 27.9 Å². The summed E-state index contributed by atoms with van der Waals surface area (Å²) in [5.41, 5.74) is 4.48. The number of hydrogen-bond donors (Lipinski definition) is 1. The summed E-state index contributed by atoms with van der Waals surface area (Å²) in [5, 5.41) is 4.86. The molecule has 0 saturated heterocycles. The highest BCUT2D eigenvalue weighted by molar-refractivity contribution is 6.36. The van der Waals surface area contributed by atoms with Gasteiger partial charge < -0.3 is 4.74 Å². The second kappa shape index (κ2) is 11.2. The quantitative estimate of drug-likeness (QED) is 0.194. The largest absolute Gasteiger partial charge is 0.454 e. The fourth-order valence-corrected chi connectivity index (χ4v) is 3.46. The standard InChI is InChI=1S/C24H17Cl2F3N6O/c25-17-12-11-16(20(26)13-17)14-30-34-21-31-22(33-23(32-21)36-15-24(27,28)29)35(18-7-3-1-4-8-18)19-9-5-2-6-10-19/h1-14H,15H2,(H,31,32,33,34)/b30-14+. The number of nitrogens with one attached hydrogen (secondary N) is 1. The summed E-state index contributed by atoms with van der Waals surface area (Å²) < 4.78 is 43.3. The molecule has 0 spiro atoms. The first kappa shape index (κ1) is 25.2. The Balaban J connectivity index is 1.72. The first-order valence-corrected chi connectivity index (χ1v) is 11.1. The molecule has 0 unspecified atom stereocenters. The van der Waals surface area contributed by atoms with Crippen LogP contribution in [-0.4, -0.2) is 33.9 Å². The molecule has 0 amide bonds. The molecule has 0 fully saturated rings. The van der Waals surface area contributed by atoms with Gasteiger partial charge in [-0.15, -0.1) is 0 Å². The molecule has 7 nitrogen and oxygen atoms in total. The minimum Gasteiger partial charge on any atom is -0.454 e. The third-order valence-corrected chi connectivity index (χ3v) is 5.09. The molecule has 0 atom stereocenters. The van der Waals surface area contributed by atoms with Crippen molar-refractivity contribution in [1.82, 2.24) is 15.0 Å². The Hall–Kier alpha value is -3.89. The Morgan fingerprint density at radius 2 is 1.53 bits per heavy atom. The molecule has 1 aromatic heterocycles. The van der Waals surface area contributed by atoms with Crippen LogP contribution >= 0.6 is 23.2 Å². The van der Waals surface area contributed by atoms with E-state index < -0.39 is 18.8 Å². The van der Waals surface area contributed by atoms with E-state index in [1.165, 1.54) is 6.21 Å². The number of ether oxygens (including phenoxy) is 1. The van der Waals surface area contributed by atoms with E-state index in [9.17, 15) is 13.2 Å². The van der Waals surface area contributed by atoms with Gasteiger partial charge in [-0.25, -0.2) is 5.43 Å². The van der Waals surface area contributed by atoms with Crippen molar-refractivity contribution >= 4 is 52.7 Å². The summed E-state index contributed by atoms with van der Waals surface area (Å²) in [5.74, 6) is -0.128. The lowest BCUT2D eigenvalue weighted by Crippen LogP contribution is -2.21. The zero-order valence-corrected chi connectivity index (χ0v) is 19.8. The van der Waals surface area contributed by atoms with Gasteiger partial charge in [0.05, 0.1) is 11.2 Å². The smallest absolute Gasteiger partial charge is 0.422 e. The fraction of sp³-hybridized carbons (Fsp3) is 0.0833. The molecule has 184 valence electrons. The van der Waals surface area contributed by atoms with Crippen LogP contribution in [0.4, 0.5) is 36.4 Å². The number of halogens is 5. The third kappa shape index (κ3) is 6.83. The highest BCUT2D eigenvalue weighted by Gasteiger charge is 2.29. The van der Waals surface area contributed by atoms with Crippen LogP contribution in [0.5, 0.6) is 6.01 Å². The number of aromatic nitrogens is 3. The van der Waals surface area contributed by atoms with Crippen molar-refractivity contribution in [2.24, 2.45) is 5.10 Å². The number of hydrazone groups is 1. The Morgan fingerprint density at radius 1 is 0.889 bits per heavy atom. The van der Waals surface area contributed by atoms with E-state index in [0.717, 1.165) is 0 Å². The lowest BCUT2D eigenvalue weighted by atomic mass is 10.2. The minimum absolute atomic E-state index is 0.0156. The molecule has 1 heterocycles. The van der Waals surface area contributed by atoms with Crippen molar-refractivity contribution in [2.45, 2.75) is 6.18 Å². The lowest BCUT2D eigenvalue weighted by Gasteiger charge is -2.23. The fourth-order valence-electron chi connectivity index (χ4n) is 3.01. The monoisotopic (exact) mass is 532 g/mol. The number of alkyl halides is 3. The molecule has 4 aromatic rings. The van der Waals surface area contributed by atoms with Crippen LogP contribution in [0.3, 0.4) is 0 Å². The highest BCUT2D eigenvalue weighted by Crippen LogP contribution is 2.33. The maximum Gasteiger partial charge on any atom is 0.422 e. The topological polar surface area (TPSA) is 75.5 Å². The van der Waals surface area contributed by atoms with E-state index in [1.807, 2.05) is 36.4 Å². The predicted molar refractivity (Wildman–Crippen MR) is 134 cm³/mol. The number of anilines is 4. The maximum atomic E-state index is 12.8. The van der Waals surface area contributed by atoms with Gasteiger partial charge in [-0.3, -0.25) is 4.90 Å². The molecular weight excluding hydrogens is 516 g/mol. The normalized spacial score (nSPS) is 11.5. The van der Waals surface area contributed by atoms with Gasteiger partial charge in [-0.05, 0) is 36.4 Å². The predicted octanol–water partition coefficient (Wildman–Crippen LogP) is 7.04. The van der Waals surface area contributed by atoms with Gasteiger partial charge in [0.25, 0.3) is 5.95 Å². The highest BCUT2D eigenvalue weighted by atomic mass is 35.5. The summed E-state index contributed by atoms with van der Waals surface area (Å²) >= 11 is 12.0. The number of rotatable bonds is 8. The third-order valence-electron chi connectivity index (χ3n) is 4.53. The van der Waals surface area contributed by atoms with E-state index >= 15 is 0 Å². The average molecular weight is 533 g/mol. The second-order valence-electron chi connectivity index (χ2n) is 7.19. The van der Waals surface area contributed by atoms with E-state index in [-0.39, 0.29) is 11.9 Å². The summed E-state index contributed by atoms with van der Waals surface area (Å²) in [7, 11) is 0. The van der Waals surface area contributed by atoms with Crippen molar-refractivity contribution in [3.8, 4) is 6.01 Å². The Labute approximate surface area is 214 Å². The van der Waals surface area contributed by atoms with E-state index in [1.54, 1.807) is 47.4 Å². The summed E-state index contributed by atoms with van der Waals surface area (Å²) in [4.78, 5) is 14.1. The number of benzene rings is 3. The molecular formula is C24H17Cl2F3N6O. The first-order chi connectivity index (χ1) is 17.3. The van der Waals surface area contributed by atoms with Gasteiger partial charge in [-0.2, -0.15) is 33.2 Å². The minimum atomic E-state index is -4.58. The maximum absolute atomic E-state index is 12.8. The molecule has 0 aliphatic heterocycles. The van der Waals surface area contributed by atoms with Gasteiger partial charge in [0, 0.05) is 22.0 Å². The molecule has 36 heavy (non-hydrogen) atoms. The zero-order valence-electron chi connectivity index (χ0n) is 18.3. The number of hydrogen-bond acceptors (Lipinski definition) is 7. The van der Waals surface area contributed by atoms with Crippen molar-refractivity contribution < 1.29 is 17.9 Å². The van der Waals surface area contributed by atoms with Crippen LogP contribution < -0.4 is 15.1 Å². The van der Waals surface area contributed by atoms with Crippen molar-refractivity contribution in [3.63, 3.8) is 0 Å². The van der Waals surface area contributed by atoms with Crippen molar-refractivity contribution in [2.75, 3.05) is 16.9 Å². The van der Waals surface area contributed by atoms with Gasteiger partial charge in [-0.1, -0.05) is 65.7 Å². The molecule has 0 bridgehead atoms. The molecule has 0 aliphatic rings. The van der Waals surface area contributed by atoms with Crippen LogP contribution in [0, 0.1) is 0 Å². The molecule has 4 rings (SSSR count). The van der Waals surface area contributed by atoms with Gasteiger partial charge in [0.2, 0.25) is 5.95 Å². The molecule has 3 aromatic carbocycles. The van der Waals surface area contributed by atoms with Gasteiger partial charge in [0.1, 0.15) is 0 Å². The van der Waals surface area contributed by atoms with Gasteiger partial charge in [0.15, 0.2) is 6.61 Å². The van der Waals surface area contributed by atoms with Crippen LogP contribution in [-0.2, 0) is 0 Å². The van der Waals surface area contributed by atoms with Crippen LogP contribution in [0.1, 0.15) is 5.56 Å². The number of para-hydroxylation sites is 2. The van der Waals surface area contributed by atoms with Crippen LogP contribution in [0.25, 0.3) is 0 Å². The van der Waals surface area contributed by atoms with Crippen LogP contribution in [0.15, 0.2) is 84.0 Å². The second-order valence-corrected chi connectivity index (χ2v) is 8.03. The lowest BCUT2D eigenvalue weighted by molar-refractivity contribution is -0.154. The number of nitrogens with zero attached hydrogens (tertiary/aromatic N) is 5.